The first kappa shape index (κ1) is 28.0. The van der Waals surface area contributed by atoms with E-state index >= 15 is 0 Å². The van der Waals surface area contributed by atoms with Gasteiger partial charge in [0.25, 0.3) is 0 Å². The van der Waals surface area contributed by atoms with Gasteiger partial charge in [-0.2, -0.15) is 0 Å². The molecule has 4 heteroatoms. The SMILES string of the molecule is CCC(=O)O[C@H]1CC[C@H]2[C@@H]3CCc4cc(O)ccc4[C@H]3CC[C@]12C.CCCCCOCCCCC. The maximum Gasteiger partial charge on any atom is 0.305 e. The molecule has 3 aliphatic carbocycles. The molecular weight excluding hydrogens is 436 g/mol. The van der Waals surface area contributed by atoms with Crippen molar-refractivity contribution in [3.05, 3.63) is 29.3 Å². The van der Waals surface area contributed by atoms with Gasteiger partial charge in [-0.05, 0) is 92.4 Å². The number of esters is 1. The van der Waals surface area contributed by atoms with Crippen molar-refractivity contribution in [2.75, 3.05) is 13.2 Å². The number of aryl methyl sites for hydroxylation is 1. The Balaban J connectivity index is 0.000000266. The fraction of sp³-hybridized carbons (Fsp3) is 0.774. The van der Waals surface area contributed by atoms with Crippen LogP contribution >= 0.6 is 0 Å². The Morgan fingerprint density at radius 2 is 1.71 bits per heavy atom. The second-order valence-corrected chi connectivity index (χ2v) is 11.3. The molecule has 1 aromatic rings. The van der Waals surface area contributed by atoms with Crippen LogP contribution in [0, 0.1) is 17.3 Å². The molecule has 0 amide bonds. The number of aromatic hydroxyl groups is 1. The summed E-state index contributed by atoms with van der Waals surface area (Å²) >= 11 is 0. The minimum atomic E-state index is -0.0477. The number of unbranched alkanes of at least 4 members (excludes halogenated alkanes) is 4. The zero-order chi connectivity index (χ0) is 25.3. The Hall–Kier alpha value is -1.55. The number of phenols is 1. The highest BCUT2D eigenvalue weighted by Crippen LogP contribution is 2.61. The maximum atomic E-state index is 11.8. The molecule has 0 radical (unpaired) electrons. The van der Waals surface area contributed by atoms with Crippen molar-refractivity contribution in [3.8, 4) is 5.75 Å². The first-order valence-corrected chi connectivity index (χ1v) is 14.5. The van der Waals surface area contributed by atoms with Crippen molar-refractivity contribution in [3.63, 3.8) is 0 Å². The second-order valence-electron chi connectivity index (χ2n) is 11.3. The van der Waals surface area contributed by atoms with E-state index in [1.807, 2.05) is 19.1 Å². The molecule has 0 spiro atoms. The van der Waals surface area contributed by atoms with Crippen LogP contribution in [0.5, 0.6) is 5.75 Å². The average Bonchev–Trinajstić information content (AvgIpc) is 3.19. The minimum absolute atomic E-state index is 0.0477. The van der Waals surface area contributed by atoms with Crippen LogP contribution in [0.25, 0.3) is 0 Å². The molecule has 0 saturated heterocycles. The molecule has 0 unspecified atom stereocenters. The van der Waals surface area contributed by atoms with Gasteiger partial charge in [0, 0.05) is 25.0 Å². The summed E-state index contributed by atoms with van der Waals surface area (Å²) in [5.41, 5.74) is 2.95. The predicted octanol–water partition coefficient (Wildman–Crippen LogP) is 7.95. The Bertz CT molecular complexity index is 782. The van der Waals surface area contributed by atoms with Crippen molar-refractivity contribution in [1.82, 2.24) is 0 Å². The molecule has 0 heterocycles. The Labute approximate surface area is 214 Å². The van der Waals surface area contributed by atoms with Gasteiger partial charge >= 0.3 is 5.97 Å². The third kappa shape index (κ3) is 7.02. The van der Waals surface area contributed by atoms with Gasteiger partial charge in [-0.3, -0.25) is 4.79 Å². The molecule has 5 atom stereocenters. The van der Waals surface area contributed by atoms with Crippen LogP contribution in [-0.2, 0) is 20.7 Å². The van der Waals surface area contributed by atoms with E-state index in [2.05, 4.69) is 26.8 Å². The van der Waals surface area contributed by atoms with E-state index in [0.717, 1.165) is 32.5 Å². The number of ether oxygens (including phenoxy) is 2. The van der Waals surface area contributed by atoms with Crippen LogP contribution < -0.4 is 0 Å². The molecule has 198 valence electrons. The van der Waals surface area contributed by atoms with Crippen LogP contribution in [-0.4, -0.2) is 30.4 Å². The van der Waals surface area contributed by atoms with Gasteiger partial charge in [0.2, 0.25) is 0 Å². The predicted molar refractivity (Wildman–Crippen MR) is 143 cm³/mol. The second kappa shape index (κ2) is 13.7. The van der Waals surface area contributed by atoms with Gasteiger partial charge in [-0.25, -0.2) is 0 Å². The number of carbonyl (C=O) groups excluding carboxylic acids is 1. The third-order valence-electron chi connectivity index (χ3n) is 8.97. The van der Waals surface area contributed by atoms with E-state index in [4.69, 9.17) is 9.47 Å². The van der Waals surface area contributed by atoms with Crippen molar-refractivity contribution in [1.29, 1.82) is 0 Å². The number of carbonyl (C=O) groups is 1. The summed E-state index contributed by atoms with van der Waals surface area (Å²) in [5.74, 6) is 2.32. The van der Waals surface area contributed by atoms with E-state index in [0.29, 0.717) is 29.9 Å². The summed E-state index contributed by atoms with van der Waals surface area (Å²) in [6.07, 6.45) is 15.1. The highest BCUT2D eigenvalue weighted by atomic mass is 16.5. The maximum absolute atomic E-state index is 11.8. The van der Waals surface area contributed by atoms with E-state index in [1.165, 1.54) is 68.9 Å². The van der Waals surface area contributed by atoms with Crippen LogP contribution in [0.15, 0.2) is 18.2 Å². The number of hydrogen-bond acceptors (Lipinski definition) is 4. The minimum Gasteiger partial charge on any atom is -0.508 e. The smallest absolute Gasteiger partial charge is 0.305 e. The summed E-state index contributed by atoms with van der Waals surface area (Å²) < 4.78 is 11.3. The van der Waals surface area contributed by atoms with Gasteiger partial charge in [0.15, 0.2) is 0 Å². The largest absolute Gasteiger partial charge is 0.508 e. The quantitative estimate of drug-likeness (QED) is 0.269. The highest BCUT2D eigenvalue weighted by molar-refractivity contribution is 5.69. The summed E-state index contributed by atoms with van der Waals surface area (Å²) in [5, 5.41) is 9.77. The zero-order valence-electron chi connectivity index (χ0n) is 22.8. The summed E-state index contributed by atoms with van der Waals surface area (Å²) in [7, 11) is 0. The fourth-order valence-electron chi connectivity index (χ4n) is 6.97. The molecule has 0 aromatic heterocycles. The summed E-state index contributed by atoms with van der Waals surface area (Å²) in [6, 6.07) is 5.95. The van der Waals surface area contributed by atoms with Gasteiger partial charge in [-0.15, -0.1) is 0 Å². The molecule has 1 aromatic carbocycles. The van der Waals surface area contributed by atoms with Crippen LogP contribution in [0.4, 0.5) is 0 Å². The van der Waals surface area contributed by atoms with E-state index < -0.39 is 0 Å². The zero-order valence-corrected chi connectivity index (χ0v) is 22.8. The fourth-order valence-corrected chi connectivity index (χ4v) is 6.97. The summed E-state index contributed by atoms with van der Waals surface area (Å²) in [4.78, 5) is 11.8. The van der Waals surface area contributed by atoms with Crippen molar-refractivity contribution in [2.45, 2.75) is 123 Å². The number of rotatable bonds is 10. The molecular formula is C31H50O4. The first-order chi connectivity index (χ1) is 16.9. The molecule has 4 rings (SSSR count). The Morgan fingerprint density at radius 3 is 2.37 bits per heavy atom. The topological polar surface area (TPSA) is 55.8 Å². The van der Waals surface area contributed by atoms with Gasteiger partial charge in [-0.1, -0.05) is 59.4 Å². The number of benzene rings is 1. The molecule has 4 nitrogen and oxygen atoms in total. The van der Waals surface area contributed by atoms with Crippen LogP contribution in [0.2, 0.25) is 0 Å². The standard InChI is InChI=1S/C21H28O3.C10H22O/c1-3-20(23)24-19-9-8-18-17-6-4-13-12-14(22)5-7-15(13)16(17)10-11-21(18,19)2;1-3-5-7-9-11-10-8-6-4-2/h5,7,12,16-19,22H,3-4,6,8-11H2,1-2H3;3-10H2,1-2H3/t16-,17-,18+,19+,21+;/m1./s1. The number of hydrogen-bond donors (Lipinski definition) is 1. The molecule has 2 fully saturated rings. The van der Waals surface area contributed by atoms with E-state index in [9.17, 15) is 9.90 Å². The van der Waals surface area contributed by atoms with Gasteiger partial charge in [0.1, 0.15) is 11.9 Å². The molecule has 3 aliphatic rings. The van der Waals surface area contributed by atoms with Crippen LogP contribution in [0.1, 0.15) is 122 Å². The Morgan fingerprint density at radius 1 is 1.00 bits per heavy atom. The monoisotopic (exact) mass is 486 g/mol. The van der Waals surface area contributed by atoms with E-state index in [1.54, 1.807) is 0 Å². The van der Waals surface area contributed by atoms with Crippen molar-refractivity contribution in [2.24, 2.45) is 17.3 Å². The van der Waals surface area contributed by atoms with Crippen molar-refractivity contribution >= 4 is 5.97 Å². The van der Waals surface area contributed by atoms with Gasteiger partial charge < -0.3 is 14.6 Å². The molecule has 0 bridgehead atoms. The summed E-state index contributed by atoms with van der Waals surface area (Å²) in [6.45, 7) is 10.6. The van der Waals surface area contributed by atoms with Gasteiger partial charge in [0.05, 0.1) is 0 Å². The Kier molecular flexibility index (Phi) is 10.9. The lowest BCUT2D eigenvalue weighted by Crippen LogP contribution is -2.45. The highest BCUT2D eigenvalue weighted by Gasteiger charge is 2.56. The normalized spacial score (nSPS) is 28.8. The molecule has 2 saturated carbocycles. The molecule has 1 N–H and O–H groups in total. The molecule has 0 aliphatic heterocycles. The molecule has 35 heavy (non-hydrogen) atoms. The number of fused-ring (bicyclic) bond motifs is 5. The van der Waals surface area contributed by atoms with Crippen LogP contribution in [0.3, 0.4) is 0 Å². The van der Waals surface area contributed by atoms with E-state index in [-0.39, 0.29) is 17.5 Å². The average molecular weight is 487 g/mol. The first-order valence-electron chi connectivity index (χ1n) is 14.5. The third-order valence-corrected chi connectivity index (χ3v) is 8.97. The lowest BCUT2D eigenvalue weighted by Gasteiger charge is -2.50. The number of phenolic OH excluding ortho intramolecular Hbond substituents is 1. The lowest BCUT2D eigenvalue weighted by atomic mass is 9.55. The lowest BCUT2D eigenvalue weighted by molar-refractivity contribution is -0.157. The van der Waals surface area contributed by atoms with Crippen molar-refractivity contribution < 1.29 is 19.4 Å².